The molecule has 0 bridgehead atoms. The molecule has 1 N–H and O–H groups in total. The lowest BCUT2D eigenvalue weighted by Crippen LogP contribution is -2.12. The minimum atomic E-state index is -0.290. The van der Waals surface area contributed by atoms with Crippen molar-refractivity contribution < 1.29 is 9.21 Å². The molecular formula is C19H14Cl2INO2. The first-order chi connectivity index (χ1) is 12.0. The number of amides is 1. The summed E-state index contributed by atoms with van der Waals surface area (Å²) in [5.74, 6) is 0.505. The number of anilines is 1. The van der Waals surface area contributed by atoms with Crippen LogP contribution in [0.2, 0.25) is 10.0 Å². The third-order valence-electron chi connectivity index (χ3n) is 3.73. The van der Waals surface area contributed by atoms with Crippen LogP contribution in [0.4, 0.5) is 5.69 Å². The number of aryl methyl sites for hydroxylation is 1. The van der Waals surface area contributed by atoms with Crippen LogP contribution in [0.3, 0.4) is 0 Å². The van der Waals surface area contributed by atoms with Gasteiger partial charge in [0.25, 0.3) is 5.91 Å². The number of carbonyl (C=O) groups excluding carboxylic acids is 1. The Morgan fingerprint density at radius 1 is 1.08 bits per heavy atom. The molecule has 25 heavy (non-hydrogen) atoms. The summed E-state index contributed by atoms with van der Waals surface area (Å²) in [6.45, 7) is 2.05. The Morgan fingerprint density at radius 2 is 1.88 bits per heavy atom. The van der Waals surface area contributed by atoms with Gasteiger partial charge in [-0.3, -0.25) is 4.79 Å². The van der Waals surface area contributed by atoms with Gasteiger partial charge in [-0.05, 0) is 83.1 Å². The molecule has 0 fully saturated rings. The molecule has 1 aromatic heterocycles. The number of halogens is 3. The second-order valence-electron chi connectivity index (χ2n) is 5.40. The summed E-state index contributed by atoms with van der Waals surface area (Å²) in [5.41, 5.74) is 2.63. The average Bonchev–Trinajstić information content (AvgIpc) is 3.09. The van der Waals surface area contributed by atoms with Crippen molar-refractivity contribution in [3.8, 4) is 11.3 Å². The highest BCUT2D eigenvalue weighted by atomic mass is 127. The van der Waals surface area contributed by atoms with Gasteiger partial charge in [-0.2, -0.15) is 0 Å². The second kappa shape index (κ2) is 7.81. The van der Waals surface area contributed by atoms with Crippen molar-refractivity contribution in [1.29, 1.82) is 0 Å². The van der Waals surface area contributed by atoms with Crippen molar-refractivity contribution in [3.05, 3.63) is 73.5 Å². The second-order valence-corrected chi connectivity index (χ2v) is 7.46. The molecule has 0 unspecified atom stereocenters. The first-order valence-corrected chi connectivity index (χ1v) is 9.46. The van der Waals surface area contributed by atoms with Crippen LogP contribution in [0.25, 0.3) is 11.3 Å². The molecule has 2 aromatic carbocycles. The van der Waals surface area contributed by atoms with Crippen LogP contribution in [0.1, 0.15) is 23.0 Å². The zero-order valence-electron chi connectivity index (χ0n) is 13.3. The Kier molecular flexibility index (Phi) is 5.71. The number of furan rings is 1. The highest BCUT2D eigenvalue weighted by molar-refractivity contribution is 14.1. The third kappa shape index (κ3) is 4.19. The highest BCUT2D eigenvalue weighted by Gasteiger charge is 2.14. The first kappa shape index (κ1) is 18.3. The fourth-order valence-corrected chi connectivity index (χ4v) is 3.28. The van der Waals surface area contributed by atoms with Gasteiger partial charge in [-0.15, -0.1) is 0 Å². The Labute approximate surface area is 169 Å². The van der Waals surface area contributed by atoms with E-state index in [0.29, 0.717) is 15.8 Å². The Morgan fingerprint density at radius 3 is 2.60 bits per heavy atom. The van der Waals surface area contributed by atoms with Gasteiger partial charge in [0.2, 0.25) is 0 Å². The summed E-state index contributed by atoms with van der Waals surface area (Å²) < 4.78 is 6.81. The van der Waals surface area contributed by atoms with Crippen molar-refractivity contribution in [2.75, 3.05) is 5.32 Å². The molecule has 0 radical (unpaired) electrons. The standard InChI is InChI=1S/C19H14Cl2INO2/c1-2-11-9-13(22)4-6-16(11)23-19(24)18-8-7-17(25-18)12-3-5-14(20)15(21)10-12/h3-10H,2H2,1H3,(H,23,24). The fraction of sp³-hybridized carbons (Fsp3) is 0.105. The van der Waals surface area contributed by atoms with Gasteiger partial charge in [0.15, 0.2) is 5.76 Å². The van der Waals surface area contributed by atoms with Crippen LogP contribution >= 0.6 is 45.8 Å². The topological polar surface area (TPSA) is 42.2 Å². The van der Waals surface area contributed by atoms with Crippen LogP contribution in [-0.4, -0.2) is 5.91 Å². The average molecular weight is 486 g/mol. The van der Waals surface area contributed by atoms with E-state index in [1.54, 1.807) is 30.3 Å². The van der Waals surface area contributed by atoms with Crippen molar-refractivity contribution in [3.63, 3.8) is 0 Å². The summed E-state index contributed by atoms with van der Waals surface area (Å²) in [5, 5.41) is 3.82. The smallest absolute Gasteiger partial charge is 0.291 e. The van der Waals surface area contributed by atoms with E-state index in [1.807, 2.05) is 12.1 Å². The molecule has 0 aliphatic rings. The zero-order chi connectivity index (χ0) is 18.0. The quantitative estimate of drug-likeness (QED) is 0.419. The van der Waals surface area contributed by atoms with Gasteiger partial charge in [-0.1, -0.05) is 30.1 Å². The zero-order valence-corrected chi connectivity index (χ0v) is 16.9. The third-order valence-corrected chi connectivity index (χ3v) is 5.14. The van der Waals surface area contributed by atoms with Crippen molar-refractivity contribution in [1.82, 2.24) is 0 Å². The largest absolute Gasteiger partial charge is 0.451 e. The lowest BCUT2D eigenvalue weighted by molar-refractivity contribution is 0.0997. The Bertz CT molecular complexity index is 937. The van der Waals surface area contributed by atoms with Gasteiger partial charge in [0.05, 0.1) is 10.0 Å². The number of hydrogen-bond donors (Lipinski definition) is 1. The molecule has 0 spiro atoms. The lowest BCUT2D eigenvalue weighted by atomic mass is 10.1. The van der Waals surface area contributed by atoms with E-state index in [4.69, 9.17) is 27.6 Å². The predicted octanol–water partition coefficient (Wildman–Crippen LogP) is 6.67. The molecule has 6 heteroatoms. The van der Waals surface area contributed by atoms with E-state index >= 15 is 0 Å². The maximum atomic E-state index is 12.5. The van der Waals surface area contributed by atoms with E-state index in [2.05, 4.69) is 40.9 Å². The number of rotatable bonds is 4. The van der Waals surface area contributed by atoms with Gasteiger partial charge >= 0.3 is 0 Å². The summed E-state index contributed by atoms with van der Waals surface area (Å²) in [6, 6.07) is 14.5. The molecular weight excluding hydrogens is 472 g/mol. The van der Waals surface area contributed by atoms with Gasteiger partial charge in [0, 0.05) is 14.8 Å². The predicted molar refractivity (Wildman–Crippen MR) is 111 cm³/mol. The molecule has 1 heterocycles. The fourth-order valence-electron chi connectivity index (χ4n) is 2.43. The minimum absolute atomic E-state index is 0.238. The van der Waals surface area contributed by atoms with E-state index in [1.165, 1.54) is 0 Å². The molecule has 0 aliphatic carbocycles. The SMILES string of the molecule is CCc1cc(I)ccc1NC(=O)c1ccc(-c2ccc(Cl)c(Cl)c2)o1. The molecule has 0 saturated heterocycles. The Hall–Kier alpha value is -1.50. The Balaban J connectivity index is 1.82. The molecule has 128 valence electrons. The lowest BCUT2D eigenvalue weighted by Gasteiger charge is -2.09. The van der Waals surface area contributed by atoms with Gasteiger partial charge in [0.1, 0.15) is 5.76 Å². The number of nitrogens with one attached hydrogen (secondary N) is 1. The van der Waals surface area contributed by atoms with Crippen LogP contribution in [0.15, 0.2) is 52.9 Å². The van der Waals surface area contributed by atoms with Crippen molar-refractivity contribution in [2.45, 2.75) is 13.3 Å². The minimum Gasteiger partial charge on any atom is -0.451 e. The monoisotopic (exact) mass is 485 g/mol. The number of carbonyl (C=O) groups is 1. The van der Waals surface area contributed by atoms with Gasteiger partial charge in [-0.25, -0.2) is 0 Å². The molecule has 0 saturated carbocycles. The van der Waals surface area contributed by atoms with E-state index in [0.717, 1.165) is 26.8 Å². The summed E-state index contributed by atoms with van der Waals surface area (Å²) in [7, 11) is 0. The molecule has 0 atom stereocenters. The number of benzene rings is 2. The normalized spacial score (nSPS) is 10.7. The molecule has 0 aliphatic heterocycles. The van der Waals surface area contributed by atoms with E-state index < -0.39 is 0 Å². The van der Waals surface area contributed by atoms with Crippen molar-refractivity contribution in [2.24, 2.45) is 0 Å². The van der Waals surface area contributed by atoms with E-state index in [9.17, 15) is 4.79 Å². The molecule has 1 amide bonds. The molecule has 3 rings (SSSR count). The summed E-state index contributed by atoms with van der Waals surface area (Å²) in [6.07, 6.45) is 0.832. The maximum absolute atomic E-state index is 12.5. The summed E-state index contributed by atoms with van der Waals surface area (Å²) in [4.78, 5) is 12.5. The van der Waals surface area contributed by atoms with Crippen LogP contribution < -0.4 is 5.32 Å². The highest BCUT2D eigenvalue weighted by Crippen LogP contribution is 2.30. The molecule has 3 aromatic rings. The van der Waals surface area contributed by atoms with Crippen LogP contribution in [0.5, 0.6) is 0 Å². The number of hydrogen-bond acceptors (Lipinski definition) is 2. The first-order valence-electron chi connectivity index (χ1n) is 7.63. The van der Waals surface area contributed by atoms with E-state index in [-0.39, 0.29) is 11.7 Å². The molecule has 3 nitrogen and oxygen atoms in total. The van der Waals surface area contributed by atoms with Crippen molar-refractivity contribution >= 4 is 57.4 Å². The van der Waals surface area contributed by atoms with Crippen LogP contribution in [-0.2, 0) is 6.42 Å². The summed E-state index contributed by atoms with van der Waals surface area (Å²) >= 11 is 14.2. The maximum Gasteiger partial charge on any atom is 0.291 e. The van der Waals surface area contributed by atoms with Gasteiger partial charge < -0.3 is 9.73 Å². The van der Waals surface area contributed by atoms with Crippen LogP contribution in [0, 0.1) is 3.57 Å².